The summed E-state index contributed by atoms with van der Waals surface area (Å²) < 4.78 is 31.7. The van der Waals surface area contributed by atoms with E-state index in [2.05, 4.69) is 20.2 Å². The Labute approximate surface area is 173 Å². The molecule has 1 atom stereocenters. The molecule has 1 aromatic carbocycles. The predicted octanol–water partition coefficient (Wildman–Crippen LogP) is 2.62. The van der Waals surface area contributed by atoms with Crippen LogP contribution < -0.4 is 0 Å². The molecule has 0 saturated carbocycles. The molecule has 10 heteroatoms. The quantitative estimate of drug-likeness (QED) is 0.500. The van der Waals surface area contributed by atoms with Crippen LogP contribution in [0.2, 0.25) is 0 Å². The maximum atomic E-state index is 12.1. The number of nitrogens with zero attached hydrogens (tertiary/aromatic N) is 5. The molecule has 30 heavy (non-hydrogen) atoms. The Morgan fingerprint density at radius 3 is 2.67 bits per heavy atom. The summed E-state index contributed by atoms with van der Waals surface area (Å²) in [6, 6.07) is 11.7. The fourth-order valence-electron chi connectivity index (χ4n) is 3.03. The predicted molar refractivity (Wildman–Crippen MR) is 109 cm³/mol. The van der Waals surface area contributed by atoms with Crippen LogP contribution in [0.25, 0.3) is 34.4 Å². The summed E-state index contributed by atoms with van der Waals surface area (Å²) in [5, 5.41) is 17.5. The van der Waals surface area contributed by atoms with Crippen molar-refractivity contribution in [3.8, 4) is 34.4 Å². The van der Waals surface area contributed by atoms with Crippen molar-refractivity contribution in [2.45, 2.75) is 17.9 Å². The fourth-order valence-corrected chi connectivity index (χ4v) is 3.92. The van der Waals surface area contributed by atoms with Crippen molar-refractivity contribution in [2.75, 3.05) is 12.9 Å². The van der Waals surface area contributed by atoms with E-state index in [9.17, 15) is 13.5 Å². The minimum absolute atomic E-state index is 0.0619. The monoisotopic (exact) mass is 425 g/mol. The summed E-state index contributed by atoms with van der Waals surface area (Å²) in [6.07, 6.45) is 4.16. The Morgan fingerprint density at radius 2 is 1.90 bits per heavy atom. The van der Waals surface area contributed by atoms with Crippen LogP contribution in [0.15, 0.2) is 64.3 Å². The van der Waals surface area contributed by atoms with Crippen LogP contribution >= 0.6 is 0 Å². The first-order chi connectivity index (χ1) is 14.4. The number of benzene rings is 1. The molecule has 4 rings (SSSR count). The van der Waals surface area contributed by atoms with Gasteiger partial charge in [0.05, 0.1) is 23.7 Å². The third-order valence-corrected chi connectivity index (χ3v) is 5.72. The van der Waals surface area contributed by atoms with Crippen LogP contribution in [0.5, 0.6) is 0 Å². The highest BCUT2D eigenvalue weighted by Crippen LogP contribution is 2.31. The van der Waals surface area contributed by atoms with E-state index in [1.165, 1.54) is 18.6 Å². The van der Waals surface area contributed by atoms with Crippen LogP contribution in [0.4, 0.5) is 0 Å². The summed E-state index contributed by atoms with van der Waals surface area (Å²) in [5.41, 5.74) is 1.44. The molecule has 9 nitrogen and oxygen atoms in total. The molecule has 3 heterocycles. The smallest absolute Gasteiger partial charge is 0.245 e. The lowest BCUT2D eigenvalue weighted by molar-refractivity contribution is 0.239. The molecule has 0 aliphatic carbocycles. The number of sulfone groups is 1. The lowest BCUT2D eigenvalue weighted by Gasteiger charge is -2.12. The van der Waals surface area contributed by atoms with Crippen LogP contribution in [-0.4, -0.2) is 51.1 Å². The van der Waals surface area contributed by atoms with Gasteiger partial charge in [-0.25, -0.2) is 18.4 Å². The van der Waals surface area contributed by atoms with Crippen molar-refractivity contribution in [2.24, 2.45) is 0 Å². The highest BCUT2D eigenvalue weighted by atomic mass is 32.2. The average molecular weight is 425 g/mol. The fraction of sp³-hybridized carbons (Fsp3) is 0.200. The van der Waals surface area contributed by atoms with Crippen molar-refractivity contribution in [3.05, 3.63) is 55.0 Å². The van der Waals surface area contributed by atoms with E-state index < -0.39 is 9.84 Å². The molecule has 0 unspecified atom stereocenters. The van der Waals surface area contributed by atoms with Gasteiger partial charge in [0.1, 0.15) is 17.7 Å². The lowest BCUT2D eigenvalue weighted by atomic mass is 10.2. The zero-order valence-corrected chi connectivity index (χ0v) is 17.1. The SMILES string of the molecule is C[C@H](CO)n1cnnc1-c1cccc(-c2ncc(-c3ccccc3S(C)(=O)=O)o2)n1. The first-order valence-corrected chi connectivity index (χ1v) is 11.0. The largest absolute Gasteiger partial charge is 0.435 e. The van der Waals surface area contributed by atoms with Gasteiger partial charge in [-0.05, 0) is 31.2 Å². The normalized spacial score (nSPS) is 12.8. The van der Waals surface area contributed by atoms with Crippen LogP contribution in [-0.2, 0) is 9.84 Å². The van der Waals surface area contributed by atoms with E-state index in [-0.39, 0.29) is 23.4 Å². The van der Waals surface area contributed by atoms with Gasteiger partial charge in [-0.15, -0.1) is 10.2 Å². The molecule has 0 aliphatic heterocycles. The Bertz CT molecular complexity index is 1300. The molecular weight excluding hydrogens is 406 g/mol. The highest BCUT2D eigenvalue weighted by Gasteiger charge is 2.19. The van der Waals surface area contributed by atoms with Crippen molar-refractivity contribution < 1.29 is 17.9 Å². The summed E-state index contributed by atoms with van der Waals surface area (Å²) in [7, 11) is -3.43. The molecule has 4 aromatic rings. The number of rotatable bonds is 6. The Kier molecular flexibility index (Phi) is 5.18. The number of pyridine rings is 1. The molecule has 3 aromatic heterocycles. The zero-order chi connectivity index (χ0) is 21.3. The first kappa shape index (κ1) is 19.9. The number of aliphatic hydroxyl groups is 1. The van der Waals surface area contributed by atoms with Crippen molar-refractivity contribution in [1.82, 2.24) is 24.7 Å². The Balaban J connectivity index is 1.73. The van der Waals surface area contributed by atoms with E-state index in [1.807, 2.05) is 6.92 Å². The van der Waals surface area contributed by atoms with Gasteiger partial charge in [0, 0.05) is 11.8 Å². The third kappa shape index (κ3) is 3.74. The first-order valence-electron chi connectivity index (χ1n) is 9.12. The van der Waals surface area contributed by atoms with Crippen molar-refractivity contribution in [1.29, 1.82) is 0 Å². The van der Waals surface area contributed by atoms with Crippen LogP contribution in [0.3, 0.4) is 0 Å². The molecule has 0 amide bonds. The molecule has 0 bridgehead atoms. The summed E-state index contributed by atoms with van der Waals surface area (Å²) in [4.78, 5) is 9.00. The lowest BCUT2D eigenvalue weighted by Crippen LogP contribution is -2.10. The number of hydrogen-bond donors (Lipinski definition) is 1. The maximum absolute atomic E-state index is 12.1. The minimum atomic E-state index is -3.43. The molecule has 0 radical (unpaired) electrons. The van der Waals surface area contributed by atoms with Crippen molar-refractivity contribution in [3.63, 3.8) is 0 Å². The van der Waals surface area contributed by atoms with Gasteiger partial charge < -0.3 is 14.1 Å². The maximum Gasteiger partial charge on any atom is 0.245 e. The van der Waals surface area contributed by atoms with Gasteiger partial charge in [-0.2, -0.15) is 0 Å². The summed E-state index contributed by atoms with van der Waals surface area (Å²) in [5.74, 6) is 1.08. The average Bonchev–Trinajstić information content (AvgIpc) is 3.43. The Morgan fingerprint density at radius 1 is 1.13 bits per heavy atom. The zero-order valence-electron chi connectivity index (χ0n) is 16.3. The minimum Gasteiger partial charge on any atom is -0.435 e. The molecule has 1 N–H and O–H groups in total. The van der Waals surface area contributed by atoms with Crippen LogP contribution in [0, 0.1) is 0 Å². The molecule has 0 aliphatic rings. The number of oxazole rings is 1. The van der Waals surface area contributed by atoms with Crippen molar-refractivity contribution >= 4 is 9.84 Å². The molecular formula is C20H19N5O4S. The van der Waals surface area contributed by atoms with Gasteiger partial charge in [0.25, 0.3) is 0 Å². The number of aliphatic hydroxyl groups excluding tert-OH is 1. The highest BCUT2D eigenvalue weighted by molar-refractivity contribution is 7.90. The van der Waals surface area contributed by atoms with Gasteiger partial charge in [-0.3, -0.25) is 0 Å². The second-order valence-electron chi connectivity index (χ2n) is 6.80. The van der Waals surface area contributed by atoms with Gasteiger partial charge in [0.2, 0.25) is 5.89 Å². The Hall–Kier alpha value is -3.37. The molecule has 0 fully saturated rings. The van der Waals surface area contributed by atoms with E-state index >= 15 is 0 Å². The van der Waals surface area contributed by atoms with Gasteiger partial charge >= 0.3 is 0 Å². The summed E-state index contributed by atoms with van der Waals surface area (Å²) >= 11 is 0. The topological polar surface area (TPSA) is 124 Å². The molecule has 0 saturated heterocycles. The van der Waals surface area contributed by atoms with E-state index in [1.54, 1.807) is 41.0 Å². The standard InChI is InChI=1S/C20H19N5O4S/c1-13(11-26)25-12-22-24-19(25)15-7-5-8-16(23-15)20-21-10-17(29-20)14-6-3-4-9-18(14)30(2,27)28/h3-10,12-13,26H,11H2,1-2H3/t13-/m1/s1. The molecule has 154 valence electrons. The third-order valence-electron chi connectivity index (χ3n) is 4.57. The van der Waals surface area contributed by atoms with Gasteiger partial charge in [-0.1, -0.05) is 18.2 Å². The number of aromatic nitrogens is 5. The van der Waals surface area contributed by atoms with Crippen LogP contribution in [0.1, 0.15) is 13.0 Å². The second kappa shape index (κ2) is 7.81. The van der Waals surface area contributed by atoms with E-state index in [0.717, 1.165) is 6.26 Å². The van der Waals surface area contributed by atoms with E-state index in [0.29, 0.717) is 28.5 Å². The number of hydrogen-bond acceptors (Lipinski definition) is 8. The second-order valence-corrected chi connectivity index (χ2v) is 8.78. The summed E-state index contributed by atoms with van der Waals surface area (Å²) in [6.45, 7) is 1.78. The van der Waals surface area contributed by atoms with Gasteiger partial charge in [0.15, 0.2) is 21.4 Å². The molecule has 0 spiro atoms. The van der Waals surface area contributed by atoms with E-state index in [4.69, 9.17) is 4.42 Å².